The first-order valence-corrected chi connectivity index (χ1v) is 15.0. The summed E-state index contributed by atoms with van der Waals surface area (Å²) in [6, 6.07) is 17.7. The molecule has 2 rings (SSSR count). The van der Waals surface area contributed by atoms with E-state index in [9.17, 15) is 24.0 Å². The third-order valence-corrected chi connectivity index (χ3v) is 6.17. The molecule has 2 aromatic rings. The van der Waals surface area contributed by atoms with Crippen LogP contribution >= 0.6 is 0 Å². The molecule has 11 heteroatoms. The van der Waals surface area contributed by atoms with Crippen LogP contribution in [0.1, 0.15) is 65.5 Å². The molecule has 0 aromatic heterocycles. The molecule has 0 fully saturated rings. The largest absolute Gasteiger partial charge is 0.467 e. The molecule has 0 aliphatic heterocycles. The molecule has 4 atom stereocenters. The molecule has 0 radical (unpaired) electrons. The SMILES string of the molecule is CC(C)=O.COC(=O)[C@H](C)NC(=O)[C@@H](CCc1ccccc1)NC(C)C.COC(=O)[C@H](C)NC(=O)[C@H](N)CCc1ccccc1. The Labute approximate surface area is 268 Å². The number of ketones is 1. The minimum atomic E-state index is -0.680. The van der Waals surface area contributed by atoms with Crippen molar-refractivity contribution in [1.29, 1.82) is 0 Å². The number of ether oxygens (including phenoxy) is 2. The molecule has 0 aliphatic carbocycles. The predicted octanol–water partition coefficient (Wildman–Crippen LogP) is 2.88. The van der Waals surface area contributed by atoms with Crippen LogP contribution in [0.25, 0.3) is 0 Å². The molecule has 0 saturated heterocycles. The van der Waals surface area contributed by atoms with Crippen molar-refractivity contribution in [3.05, 3.63) is 71.8 Å². The zero-order chi connectivity index (χ0) is 34.4. The van der Waals surface area contributed by atoms with Gasteiger partial charge >= 0.3 is 11.9 Å². The highest BCUT2D eigenvalue weighted by molar-refractivity contribution is 5.87. The lowest BCUT2D eigenvalue weighted by Crippen LogP contribution is -2.51. The second-order valence-corrected chi connectivity index (χ2v) is 10.9. The van der Waals surface area contributed by atoms with E-state index in [2.05, 4.69) is 25.4 Å². The van der Waals surface area contributed by atoms with Gasteiger partial charge in [-0.1, -0.05) is 74.5 Å². The van der Waals surface area contributed by atoms with E-state index in [1.807, 2.05) is 74.5 Å². The zero-order valence-electron chi connectivity index (χ0n) is 27.9. The van der Waals surface area contributed by atoms with Crippen molar-refractivity contribution in [3.8, 4) is 0 Å². The van der Waals surface area contributed by atoms with Gasteiger partial charge in [-0.2, -0.15) is 0 Å². The quantitative estimate of drug-likeness (QED) is 0.230. The first kappa shape index (κ1) is 40.9. The van der Waals surface area contributed by atoms with Gasteiger partial charge in [-0.3, -0.25) is 9.59 Å². The first-order valence-electron chi connectivity index (χ1n) is 15.0. The summed E-state index contributed by atoms with van der Waals surface area (Å²) >= 11 is 0. The van der Waals surface area contributed by atoms with Gasteiger partial charge < -0.3 is 36.0 Å². The zero-order valence-corrected chi connectivity index (χ0v) is 27.9. The average molecular weight is 629 g/mol. The monoisotopic (exact) mass is 628 g/mol. The highest BCUT2D eigenvalue weighted by Crippen LogP contribution is 2.07. The number of aryl methyl sites for hydroxylation is 2. The average Bonchev–Trinajstić information content (AvgIpc) is 3.01. The van der Waals surface area contributed by atoms with E-state index in [0.29, 0.717) is 12.8 Å². The molecule has 250 valence electrons. The highest BCUT2D eigenvalue weighted by Gasteiger charge is 2.23. The van der Waals surface area contributed by atoms with E-state index in [1.54, 1.807) is 13.8 Å². The molecule has 0 heterocycles. The maximum absolute atomic E-state index is 12.3. The second kappa shape index (κ2) is 23.3. The van der Waals surface area contributed by atoms with E-state index in [4.69, 9.17) is 5.73 Å². The minimum Gasteiger partial charge on any atom is -0.467 e. The molecular weight excluding hydrogens is 576 g/mol. The van der Waals surface area contributed by atoms with Crippen LogP contribution in [0.5, 0.6) is 0 Å². The first-order chi connectivity index (χ1) is 21.2. The van der Waals surface area contributed by atoms with Gasteiger partial charge in [0.1, 0.15) is 17.9 Å². The van der Waals surface area contributed by atoms with Gasteiger partial charge in [0.15, 0.2) is 0 Å². The molecule has 0 spiro atoms. The Morgan fingerprint density at radius 2 is 1.04 bits per heavy atom. The Morgan fingerprint density at radius 3 is 1.42 bits per heavy atom. The number of carbonyl (C=O) groups is 5. The Kier molecular flexibility index (Phi) is 21.2. The van der Waals surface area contributed by atoms with E-state index in [-0.39, 0.29) is 29.7 Å². The smallest absolute Gasteiger partial charge is 0.328 e. The summed E-state index contributed by atoms with van der Waals surface area (Å²) in [4.78, 5) is 56.1. The lowest BCUT2D eigenvalue weighted by molar-refractivity contribution is -0.145. The number of rotatable bonds is 14. The minimum absolute atomic E-state index is 0.167. The standard InChI is InChI=1S/C17H26N2O3.C14H20N2O3.C3H6O/c1-12(2)18-15(11-10-14-8-6-5-7-9-14)16(20)19-13(3)17(21)22-4;1-10(14(18)19-2)16-13(17)12(15)9-8-11-6-4-3-5-7-11;1-3(2)4/h5-9,12-13,15,18H,10-11H2,1-4H3,(H,19,20);3-7,10,12H,8-9,15H2,1-2H3,(H,16,17);1-2H3/t13-,15+;10-,12+;/m00./s1. The van der Waals surface area contributed by atoms with E-state index < -0.39 is 30.1 Å². The number of methoxy groups -OCH3 is 2. The molecule has 0 saturated carbocycles. The van der Waals surface area contributed by atoms with Gasteiger partial charge in [-0.25, -0.2) is 9.59 Å². The molecule has 11 nitrogen and oxygen atoms in total. The third-order valence-electron chi connectivity index (χ3n) is 6.17. The van der Waals surface area contributed by atoms with Crippen LogP contribution in [0, 0.1) is 0 Å². The fourth-order valence-corrected chi connectivity index (χ4v) is 3.85. The number of hydrogen-bond donors (Lipinski definition) is 4. The van der Waals surface area contributed by atoms with Crippen molar-refractivity contribution in [3.63, 3.8) is 0 Å². The number of esters is 2. The molecular formula is C34H52N4O7. The van der Waals surface area contributed by atoms with Crippen molar-refractivity contribution in [2.75, 3.05) is 14.2 Å². The fraction of sp³-hybridized carbons (Fsp3) is 0.500. The van der Waals surface area contributed by atoms with E-state index in [0.717, 1.165) is 18.4 Å². The van der Waals surface area contributed by atoms with E-state index in [1.165, 1.54) is 33.6 Å². The summed E-state index contributed by atoms with van der Waals surface area (Å²) in [7, 11) is 2.59. The Bertz CT molecular complexity index is 1160. The number of amides is 2. The number of nitrogens with two attached hydrogens (primary N) is 1. The lowest BCUT2D eigenvalue weighted by atomic mass is 10.0. The number of Topliss-reactive ketones (excluding diaryl/α,β-unsaturated/α-hetero) is 1. The van der Waals surface area contributed by atoms with Gasteiger partial charge in [0.05, 0.1) is 26.3 Å². The summed E-state index contributed by atoms with van der Waals surface area (Å²) in [5, 5.41) is 8.47. The topological polar surface area (TPSA) is 166 Å². The molecule has 5 N–H and O–H groups in total. The number of hydrogen-bond acceptors (Lipinski definition) is 9. The normalized spacial score (nSPS) is 12.8. The summed E-state index contributed by atoms with van der Waals surface area (Å²) in [6.07, 6.45) is 2.72. The van der Waals surface area contributed by atoms with Crippen LogP contribution in [-0.2, 0) is 46.3 Å². The second-order valence-electron chi connectivity index (χ2n) is 10.9. The van der Waals surface area contributed by atoms with Crippen molar-refractivity contribution in [2.45, 2.75) is 97.4 Å². The molecule has 45 heavy (non-hydrogen) atoms. The van der Waals surface area contributed by atoms with Crippen molar-refractivity contribution in [1.82, 2.24) is 16.0 Å². The highest BCUT2D eigenvalue weighted by atomic mass is 16.5. The van der Waals surface area contributed by atoms with Crippen LogP contribution in [0.2, 0.25) is 0 Å². The Balaban J connectivity index is 0.000000775. The van der Waals surface area contributed by atoms with Crippen molar-refractivity contribution in [2.24, 2.45) is 5.73 Å². The predicted molar refractivity (Wildman–Crippen MR) is 175 cm³/mol. The number of carbonyl (C=O) groups excluding carboxylic acids is 5. The van der Waals surface area contributed by atoms with Crippen LogP contribution in [0.4, 0.5) is 0 Å². The van der Waals surface area contributed by atoms with Crippen molar-refractivity contribution >= 4 is 29.5 Å². The summed E-state index contributed by atoms with van der Waals surface area (Å²) in [5.74, 6) is -1.28. The molecule has 0 aliphatic rings. The third kappa shape index (κ3) is 19.7. The molecule has 2 aromatic carbocycles. The van der Waals surface area contributed by atoms with Gasteiger partial charge in [-0.05, 0) is 64.5 Å². The summed E-state index contributed by atoms with van der Waals surface area (Å²) in [5.41, 5.74) is 8.11. The van der Waals surface area contributed by atoms with Gasteiger partial charge in [0.25, 0.3) is 0 Å². The fourth-order valence-electron chi connectivity index (χ4n) is 3.85. The Morgan fingerprint density at radius 1 is 0.667 bits per heavy atom. The lowest BCUT2D eigenvalue weighted by Gasteiger charge is -2.22. The maximum Gasteiger partial charge on any atom is 0.328 e. The molecule has 2 amide bonds. The van der Waals surface area contributed by atoms with E-state index >= 15 is 0 Å². The van der Waals surface area contributed by atoms with Crippen molar-refractivity contribution < 1.29 is 33.4 Å². The Hall–Kier alpha value is -4.09. The van der Waals surface area contributed by atoms with Crippen LogP contribution < -0.4 is 21.7 Å². The van der Waals surface area contributed by atoms with Gasteiger partial charge in [-0.15, -0.1) is 0 Å². The summed E-state index contributed by atoms with van der Waals surface area (Å²) < 4.78 is 9.16. The van der Waals surface area contributed by atoms with Crippen LogP contribution in [0.3, 0.4) is 0 Å². The number of benzene rings is 2. The van der Waals surface area contributed by atoms with Gasteiger partial charge in [0, 0.05) is 6.04 Å². The van der Waals surface area contributed by atoms with Gasteiger partial charge in [0.2, 0.25) is 11.8 Å². The van der Waals surface area contributed by atoms with Crippen LogP contribution in [0.15, 0.2) is 60.7 Å². The summed E-state index contributed by atoms with van der Waals surface area (Å²) in [6.45, 7) is 10.2. The molecule has 0 unspecified atom stereocenters. The maximum atomic E-state index is 12.3. The van der Waals surface area contributed by atoms with Crippen LogP contribution in [-0.4, -0.2) is 74.0 Å². The number of nitrogens with one attached hydrogen (secondary N) is 3. The molecule has 0 bridgehead atoms.